The number of morpholine rings is 1. The number of carbonyl (C=O) groups is 1. The molecule has 1 atom stereocenters. The number of nitrogens with zero attached hydrogens (tertiary/aromatic N) is 1. The number of carbonyl (C=O) groups excluding carboxylic acids is 1. The first-order valence-corrected chi connectivity index (χ1v) is 8.70. The Morgan fingerprint density at radius 3 is 2.50 bits per heavy atom. The molecule has 122 valence electrons. The van der Waals surface area contributed by atoms with Gasteiger partial charge in [0, 0.05) is 19.6 Å². The van der Waals surface area contributed by atoms with E-state index in [-0.39, 0.29) is 12.5 Å². The van der Waals surface area contributed by atoms with Gasteiger partial charge in [-0.15, -0.1) is 0 Å². The fraction of sp³-hybridized carbons (Fsp3) is 0.500. The molecular formula is C14H21N3O4S. The van der Waals surface area contributed by atoms with Crippen LogP contribution in [-0.4, -0.2) is 52.1 Å². The third-order valence-electron chi connectivity index (χ3n) is 3.31. The Morgan fingerprint density at radius 1 is 1.27 bits per heavy atom. The van der Waals surface area contributed by atoms with E-state index in [1.54, 1.807) is 36.1 Å². The van der Waals surface area contributed by atoms with Gasteiger partial charge in [-0.3, -0.25) is 4.79 Å². The molecule has 2 rings (SSSR count). The average molecular weight is 327 g/mol. The highest BCUT2D eigenvalue weighted by Crippen LogP contribution is 2.17. The van der Waals surface area contributed by atoms with E-state index in [9.17, 15) is 13.2 Å². The minimum Gasteiger partial charge on any atom is -0.378 e. The largest absolute Gasteiger partial charge is 0.378 e. The number of amides is 1. The zero-order chi connectivity index (χ0) is 16.0. The van der Waals surface area contributed by atoms with Gasteiger partial charge in [-0.05, 0) is 5.56 Å². The standard InChI is InChI=1S/C14H21N3O4S/c1-2-15-22(19,20)16-13(12-6-4-3-5-7-12)14(18)17-8-10-21-11-9-17/h3-7,13,15-16H,2,8-11H2,1H3. The van der Waals surface area contributed by atoms with Crippen LogP contribution in [0.3, 0.4) is 0 Å². The maximum Gasteiger partial charge on any atom is 0.277 e. The summed E-state index contributed by atoms with van der Waals surface area (Å²) in [5, 5.41) is 0. The van der Waals surface area contributed by atoms with E-state index in [1.165, 1.54) is 0 Å². The monoisotopic (exact) mass is 327 g/mol. The third-order valence-corrected chi connectivity index (χ3v) is 4.52. The second kappa shape index (κ2) is 7.68. The van der Waals surface area contributed by atoms with Gasteiger partial charge in [0.1, 0.15) is 6.04 Å². The number of ether oxygens (including phenoxy) is 1. The summed E-state index contributed by atoms with van der Waals surface area (Å²) in [4.78, 5) is 14.3. The molecule has 1 aliphatic heterocycles. The lowest BCUT2D eigenvalue weighted by Gasteiger charge is -2.30. The van der Waals surface area contributed by atoms with E-state index in [1.807, 2.05) is 6.07 Å². The molecule has 1 aliphatic rings. The number of benzene rings is 1. The Hall–Kier alpha value is -1.48. The van der Waals surface area contributed by atoms with Crippen LogP contribution < -0.4 is 9.44 Å². The molecule has 0 bridgehead atoms. The van der Waals surface area contributed by atoms with Crippen LogP contribution in [0.25, 0.3) is 0 Å². The predicted molar refractivity (Wildman–Crippen MR) is 82.3 cm³/mol. The summed E-state index contributed by atoms with van der Waals surface area (Å²) in [5.74, 6) is -0.268. The second-order valence-corrected chi connectivity index (χ2v) is 6.43. The van der Waals surface area contributed by atoms with Crippen molar-refractivity contribution >= 4 is 16.1 Å². The summed E-state index contributed by atoms with van der Waals surface area (Å²) in [5.41, 5.74) is 0.612. The third kappa shape index (κ3) is 4.51. The fourth-order valence-electron chi connectivity index (χ4n) is 2.26. The van der Waals surface area contributed by atoms with Crippen LogP contribution in [-0.2, 0) is 19.7 Å². The molecule has 0 radical (unpaired) electrons. The van der Waals surface area contributed by atoms with Crippen molar-refractivity contribution in [1.82, 2.24) is 14.3 Å². The molecule has 1 amide bonds. The van der Waals surface area contributed by atoms with Gasteiger partial charge in [-0.2, -0.15) is 13.1 Å². The van der Waals surface area contributed by atoms with Crippen molar-refractivity contribution in [3.63, 3.8) is 0 Å². The zero-order valence-electron chi connectivity index (χ0n) is 12.5. The fourth-order valence-corrected chi connectivity index (χ4v) is 3.27. The second-order valence-electron chi connectivity index (χ2n) is 4.90. The lowest BCUT2D eigenvalue weighted by atomic mass is 10.1. The quantitative estimate of drug-likeness (QED) is 0.772. The first-order chi connectivity index (χ1) is 10.5. The van der Waals surface area contributed by atoms with E-state index in [2.05, 4.69) is 9.44 Å². The van der Waals surface area contributed by atoms with Crippen LogP contribution in [0, 0.1) is 0 Å². The van der Waals surface area contributed by atoms with Gasteiger partial charge in [0.05, 0.1) is 13.2 Å². The number of hydrogen-bond acceptors (Lipinski definition) is 4. The van der Waals surface area contributed by atoms with Crippen LogP contribution in [0.15, 0.2) is 30.3 Å². The van der Waals surface area contributed by atoms with Crippen LogP contribution in [0.2, 0.25) is 0 Å². The molecule has 1 saturated heterocycles. The van der Waals surface area contributed by atoms with E-state index < -0.39 is 16.3 Å². The molecule has 0 spiro atoms. The number of hydrogen-bond donors (Lipinski definition) is 2. The Morgan fingerprint density at radius 2 is 1.91 bits per heavy atom. The number of rotatable bonds is 6. The molecule has 22 heavy (non-hydrogen) atoms. The first kappa shape index (κ1) is 16.9. The van der Waals surface area contributed by atoms with E-state index in [4.69, 9.17) is 4.74 Å². The highest BCUT2D eigenvalue weighted by molar-refractivity contribution is 7.87. The van der Waals surface area contributed by atoms with Crippen molar-refractivity contribution in [3.8, 4) is 0 Å². The molecule has 1 aromatic rings. The molecule has 1 heterocycles. The van der Waals surface area contributed by atoms with Crippen LogP contribution in [0.5, 0.6) is 0 Å². The molecule has 8 heteroatoms. The van der Waals surface area contributed by atoms with Gasteiger partial charge in [-0.25, -0.2) is 4.72 Å². The Bertz CT molecular complexity index is 585. The van der Waals surface area contributed by atoms with E-state index in [0.29, 0.717) is 31.9 Å². The van der Waals surface area contributed by atoms with Crippen molar-refractivity contribution in [2.75, 3.05) is 32.8 Å². The molecular weight excluding hydrogens is 306 g/mol. The van der Waals surface area contributed by atoms with Gasteiger partial charge >= 0.3 is 0 Å². The lowest BCUT2D eigenvalue weighted by Crippen LogP contribution is -2.49. The van der Waals surface area contributed by atoms with Crippen LogP contribution in [0.1, 0.15) is 18.5 Å². The summed E-state index contributed by atoms with van der Waals surface area (Å²) >= 11 is 0. The van der Waals surface area contributed by atoms with E-state index >= 15 is 0 Å². The SMILES string of the molecule is CCNS(=O)(=O)NC(C(=O)N1CCOCC1)c1ccccc1. The van der Waals surface area contributed by atoms with Gasteiger partial charge < -0.3 is 9.64 Å². The Labute approximate surface area is 130 Å². The van der Waals surface area contributed by atoms with Crippen molar-refractivity contribution in [2.45, 2.75) is 13.0 Å². The van der Waals surface area contributed by atoms with Crippen molar-refractivity contribution in [3.05, 3.63) is 35.9 Å². The van der Waals surface area contributed by atoms with Crippen LogP contribution >= 0.6 is 0 Å². The lowest BCUT2D eigenvalue weighted by molar-refractivity contribution is -0.137. The molecule has 0 aliphatic carbocycles. The van der Waals surface area contributed by atoms with Crippen molar-refractivity contribution in [1.29, 1.82) is 0 Å². The van der Waals surface area contributed by atoms with Gasteiger partial charge in [0.2, 0.25) is 5.91 Å². The summed E-state index contributed by atoms with van der Waals surface area (Å²) in [6.07, 6.45) is 0. The van der Waals surface area contributed by atoms with Crippen molar-refractivity contribution in [2.24, 2.45) is 0 Å². The molecule has 1 fully saturated rings. The number of nitrogens with one attached hydrogen (secondary N) is 2. The van der Waals surface area contributed by atoms with Gasteiger partial charge in [0.15, 0.2) is 0 Å². The topological polar surface area (TPSA) is 87.7 Å². The molecule has 1 aromatic carbocycles. The average Bonchev–Trinajstić information content (AvgIpc) is 2.54. The van der Waals surface area contributed by atoms with Gasteiger partial charge in [0.25, 0.3) is 10.2 Å². The minimum atomic E-state index is -3.74. The van der Waals surface area contributed by atoms with Crippen molar-refractivity contribution < 1.29 is 17.9 Å². The predicted octanol–water partition coefficient (Wildman–Crippen LogP) is 0.0304. The molecule has 7 nitrogen and oxygen atoms in total. The first-order valence-electron chi connectivity index (χ1n) is 7.22. The Balaban J connectivity index is 2.23. The molecule has 0 aromatic heterocycles. The normalized spacial score (nSPS) is 17.2. The maximum atomic E-state index is 12.7. The van der Waals surface area contributed by atoms with Crippen LogP contribution in [0.4, 0.5) is 0 Å². The zero-order valence-corrected chi connectivity index (χ0v) is 13.3. The molecule has 1 unspecified atom stereocenters. The minimum absolute atomic E-state index is 0.253. The summed E-state index contributed by atoms with van der Waals surface area (Å²) in [6.45, 7) is 3.79. The maximum absolute atomic E-state index is 12.7. The molecule has 2 N–H and O–H groups in total. The van der Waals surface area contributed by atoms with E-state index in [0.717, 1.165) is 0 Å². The van der Waals surface area contributed by atoms with Gasteiger partial charge in [-0.1, -0.05) is 37.3 Å². The summed E-state index contributed by atoms with van der Waals surface area (Å²) in [6, 6.07) is 7.89. The smallest absolute Gasteiger partial charge is 0.277 e. The highest BCUT2D eigenvalue weighted by Gasteiger charge is 2.30. The Kier molecular flexibility index (Phi) is 5.90. The summed E-state index contributed by atoms with van der Waals surface area (Å²) < 4.78 is 34.0. The highest BCUT2D eigenvalue weighted by atomic mass is 32.2. The summed E-state index contributed by atoms with van der Waals surface area (Å²) in [7, 11) is -3.74. The molecule has 0 saturated carbocycles.